The largest absolute Gasteiger partial charge is 0.497 e. The third-order valence-corrected chi connectivity index (χ3v) is 2.83. The quantitative estimate of drug-likeness (QED) is 0.907. The first-order valence-corrected chi connectivity index (χ1v) is 6.28. The van der Waals surface area contributed by atoms with Crippen molar-refractivity contribution in [3.63, 3.8) is 0 Å². The Morgan fingerprint density at radius 1 is 0.955 bits per heavy atom. The summed E-state index contributed by atoms with van der Waals surface area (Å²) in [5.41, 5.74) is 0.0996. The van der Waals surface area contributed by atoms with Crippen molar-refractivity contribution in [1.82, 2.24) is 0 Å². The fourth-order valence-corrected chi connectivity index (χ4v) is 1.77. The third-order valence-electron chi connectivity index (χ3n) is 2.83. The van der Waals surface area contributed by atoms with Crippen molar-refractivity contribution in [3.05, 3.63) is 48.0 Å². The first kappa shape index (κ1) is 15.6. The third kappa shape index (κ3) is 3.63. The predicted octanol–water partition coefficient (Wildman–Crippen LogP) is 3.63. The van der Waals surface area contributed by atoms with E-state index in [4.69, 9.17) is 9.47 Å². The zero-order valence-corrected chi connectivity index (χ0v) is 11.9. The zero-order valence-electron chi connectivity index (χ0n) is 11.9. The number of carbonyl (C=O) groups excluding carboxylic acids is 1. The maximum Gasteiger partial charge on any atom is 0.323 e. The lowest BCUT2D eigenvalue weighted by Gasteiger charge is -2.12. The number of ether oxygens (including phenoxy) is 2. The van der Waals surface area contributed by atoms with E-state index in [-0.39, 0.29) is 5.69 Å². The van der Waals surface area contributed by atoms with Crippen molar-refractivity contribution in [1.29, 1.82) is 0 Å². The molecule has 22 heavy (non-hydrogen) atoms. The van der Waals surface area contributed by atoms with Crippen molar-refractivity contribution >= 4 is 17.4 Å². The van der Waals surface area contributed by atoms with E-state index in [1.54, 1.807) is 18.2 Å². The number of benzene rings is 2. The molecule has 2 aromatic carbocycles. The Kier molecular flexibility index (Phi) is 4.77. The number of rotatable bonds is 4. The van der Waals surface area contributed by atoms with Crippen molar-refractivity contribution < 1.29 is 23.0 Å². The number of hydrogen-bond acceptors (Lipinski definition) is 3. The molecule has 0 spiro atoms. The number of anilines is 2. The lowest BCUT2D eigenvalue weighted by atomic mass is 10.2. The summed E-state index contributed by atoms with van der Waals surface area (Å²) < 4.78 is 36.7. The van der Waals surface area contributed by atoms with Gasteiger partial charge < -0.3 is 20.1 Å². The van der Waals surface area contributed by atoms with Gasteiger partial charge in [-0.3, -0.25) is 0 Å². The van der Waals surface area contributed by atoms with E-state index >= 15 is 0 Å². The second kappa shape index (κ2) is 6.75. The molecule has 0 aliphatic carbocycles. The van der Waals surface area contributed by atoms with Crippen LogP contribution >= 0.6 is 0 Å². The van der Waals surface area contributed by atoms with Crippen LogP contribution in [-0.2, 0) is 0 Å². The number of methoxy groups -OCH3 is 2. The van der Waals surface area contributed by atoms with Gasteiger partial charge in [0.1, 0.15) is 23.1 Å². The van der Waals surface area contributed by atoms with Crippen LogP contribution in [0.3, 0.4) is 0 Å². The fourth-order valence-electron chi connectivity index (χ4n) is 1.77. The Morgan fingerprint density at radius 3 is 2.36 bits per heavy atom. The Bertz CT molecular complexity index is 692. The number of amides is 2. The van der Waals surface area contributed by atoms with Gasteiger partial charge in [-0.2, -0.15) is 0 Å². The van der Waals surface area contributed by atoms with Crippen LogP contribution in [-0.4, -0.2) is 20.3 Å². The van der Waals surface area contributed by atoms with Crippen molar-refractivity contribution in [3.8, 4) is 11.5 Å². The molecule has 2 rings (SSSR count). The molecule has 0 radical (unpaired) electrons. The van der Waals surface area contributed by atoms with E-state index in [1.807, 2.05) is 0 Å². The second-order valence-corrected chi connectivity index (χ2v) is 4.27. The van der Waals surface area contributed by atoms with Gasteiger partial charge in [0.15, 0.2) is 0 Å². The van der Waals surface area contributed by atoms with Crippen LogP contribution < -0.4 is 20.1 Å². The summed E-state index contributed by atoms with van der Waals surface area (Å²) in [6.07, 6.45) is 0. The maximum atomic E-state index is 13.5. The van der Waals surface area contributed by atoms with Crippen LogP contribution in [0.2, 0.25) is 0 Å². The minimum atomic E-state index is -0.738. The van der Waals surface area contributed by atoms with Crippen LogP contribution in [0.5, 0.6) is 11.5 Å². The average Bonchev–Trinajstić information content (AvgIpc) is 2.51. The molecule has 0 unspecified atom stereocenters. The highest BCUT2D eigenvalue weighted by molar-refractivity contribution is 6.00. The highest BCUT2D eigenvalue weighted by Gasteiger charge is 2.11. The van der Waals surface area contributed by atoms with Crippen molar-refractivity contribution in [2.75, 3.05) is 24.9 Å². The van der Waals surface area contributed by atoms with Gasteiger partial charge in [-0.05, 0) is 24.3 Å². The first-order valence-electron chi connectivity index (χ1n) is 6.28. The molecule has 0 aromatic heterocycles. The summed E-state index contributed by atoms with van der Waals surface area (Å²) >= 11 is 0. The molecule has 2 N–H and O–H groups in total. The Hall–Kier alpha value is -2.83. The average molecular weight is 308 g/mol. The van der Waals surface area contributed by atoms with Gasteiger partial charge in [0, 0.05) is 12.1 Å². The Morgan fingerprint density at radius 2 is 1.68 bits per heavy atom. The van der Waals surface area contributed by atoms with Gasteiger partial charge in [-0.25, -0.2) is 13.6 Å². The lowest BCUT2D eigenvalue weighted by Crippen LogP contribution is -2.20. The van der Waals surface area contributed by atoms with E-state index in [0.717, 1.165) is 18.2 Å². The van der Waals surface area contributed by atoms with E-state index in [0.29, 0.717) is 17.2 Å². The molecule has 5 nitrogen and oxygen atoms in total. The Labute approximate surface area is 125 Å². The second-order valence-electron chi connectivity index (χ2n) is 4.27. The molecule has 0 saturated heterocycles. The van der Waals surface area contributed by atoms with Crippen molar-refractivity contribution in [2.45, 2.75) is 0 Å². The fraction of sp³-hybridized carbons (Fsp3) is 0.133. The molecule has 2 amide bonds. The molecule has 2 aromatic rings. The molecule has 0 heterocycles. The Balaban J connectivity index is 2.13. The molecule has 7 heteroatoms. The highest BCUT2D eigenvalue weighted by atomic mass is 19.1. The standard InChI is InChI=1S/C15H14F2N2O3/c1-21-10-4-6-12(14(8-10)22-2)18-15(20)19-13-7-9(16)3-5-11(13)17/h3-8H,1-2H3,(H2,18,19,20). The van der Waals surface area contributed by atoms with E-state index in [1.165, 1.54) is 14.2 Å². The summed E-state index contributed by atoms with van der Waals surface area (Å²) in [6.45, 7) is 0. The predicted molar refractivity (Wildman–Crippen MR) is 78.5 cm³/mol. The molecule has 0 aliphatic heterocycles. The molecule has 0 saturated carbocycles. The van der Waals surface area contributed by atoms with Crippen LogP contribution in [0, 0.1) is 11.6 Å². The molecular weight excluding hydrogens is 294 g/mol. The van der Waals surface area contributed by atoms with Crippen LogP contribution in [0.15, 0.2) is 36.4 Å². The monoisotopic (exact) mass is 308 g/mol. The lowest BCUT2D eigenvalue weighted by molar-refractivity contribution is 0.262. The van der Waals surface area contributed by atoms with E-state index < -0.39 is 17.7 Å². The maximum absolute atomic E-state index is 13.5. The first-order chi connectivity index (χ1) is 10.5. The summed E-state index contributed by atoms with van der Waals surface area (Å²) in [5.74, 6) is -0.467. The molecule has 0 fully saturated rings. The molecular formula is C15H14F2N2O3. The van der Waals surface area contributed by atoms with Crippen LogP contribution in [0.25, 0.3) is 0 Å². The molecule has 116 valence electrons. The van der Waals surface area contributed by atoms with Gasteiger partial charge in [0.05, 0.1) is 25.6 Å². The number of halogens is 2. The van der Waals surface area contributed by atoms with Gasteiger partial charge in [-0.15, -0.1) is 0 Å². The zero-order chi connectivity index (χ0) is 16.1. The summed E-state index contributed by atoms with van der Waals surface area (Å²) in [4.78, 5) is 11.9. The minimum Gasteiger partial charge on any atom is -0.497 e. The number of nitrogens with one attached hydrogen (secondary N) is 2. The number of urea groups is 1. The molecule has 0 bridgehead atoms. The molecule has 0 atom stereocenters. The summed E-state index contributed by atoms with van der Waals surface area (Å²) in [5, 5.41) is 4.72. The van der Waals surface area contributed by atoms with Crippen LogP contribution in [0.1, 0.15) is 0 Å². The van der Waals surface area contributed by atoms with Crippen molar-refractivity contribution in [2.24, 2.45) is 0 Å². The van der Waals surface area contributed by atoms with Crippen LogP contribution in [0.4, 0.5) is 25.0 Å². The normalized spacial score (nSPS) is 10.0. The number of carbonyl (C=O) groups is 1. The van der Waals surface area contributed by atoms with Gasteiger partial charge >= 0.3 is 6.03 Å². The molecule has 0 aliphatic rings. The van der Waals surface area contributed by atoms with E-state index in [2.05, 4.69) is 10.6 Å². The van der Waals surface area contributed by atoms with E-state index in [9.17, 15) is 13.6 Å². The topological polar surface area (TPSA) is 59.6 Å². The summed E-state index contributed by atoms with van der Waals surface area (Å²) in [6, 6.07) is 6.83. The van der Waals surface area contributed by atoms with Gasteiger partial charge in [0.25, 0.3) is 0 Å². The smallest absolute Gasteiger partial charge is 0.323 e. The number of hydrogen-bond donors (Lipinski definition) is 2. The SMILES string of the molecule is COc1ccc(NC(=O)Nc2cc(F)ccc2F)c(OC)c1. The minimum absolute atomic E-state index is 0.259. The summed E-state index contributed by atoms with van der Waals surface area (Å²) in [7, 11) is 2.94. The van der Waals surface area contributed by atoms with Gasteiger partial charge in [0.2, 0.25) is 0 Å². The highest BCUT2D eigenvalue weighted by Crippen LogP contribution is 2.29. The van der Waals surface area contributed by atoms with Gasteiger partial charge in [-0.1, -0.05) is 0 Å².